The molecular weight excluding hydrogens is 372 g/mol. The van der Waals surface area contributed by atoms with Crippen molar-refractivity contribution in [1.82, 2.24) is 19.2 Å². The number of hydrogen-bond acceptors (Lipinski definition) is 5. The summed E-state index contributed by atoms with van der Waals surface area (Å²) in [5.74, 6) is 0.749. The summed E-state index contributed by atoms with van der Waals surface area (Å²) in [6.45, 7) is 3.87. The summed E-state index contributed by atoms with van der Waals surface area (Å²) in [6.07, 6.45) is 1.80. The Morgan fingerprint density at radius 2 is 1.86 bits per heavy atom. The lowest BCUT2D eigenvalue weighted by molar-refractivity contribution is 0.247. The SMILES string of the molecule is O=c1c(=O)n2c(nn1Cc1ccccc1)C[C@]1(CCN(Cc3cccs3)C1)C2. The highest BCUT2D eigenvalue weighted by Crippen LogP contribution is 2.39. The van der Waals surface area contributed by atoms with Crippen LogP contribution >= 0.6 is 11.3 Å². The molecule has 2 aliphatic rings. The van der Waals surface area contributed by atoms with E-state index in [1.807, 2.05) is 30.3 Å². The zero-order valence-electron chi connectivity index (χ0n) is 15.6. The first-order valence-electron chi connectivity index (χ1n) is 9.61. The average molecular weight is 395 g/mol. The number of aromatic nitrogens is 3. The molecule has 0 bridgehead atoms. The van der Waals surface area contributed by atoms with E-state index in [2.05, 4.69) is 27.5 Å². The van der Waals surface area contributed by atoms with Crippen LogP contribution in [0.1, 0.15) is 22.7 Å². The van der Waals surface area contributed by atoms with E-state index in [0.29, 0.717) is 13.1 Å². The zero-order chi connectivity index (χ0) is 19.1. The Balaban J connectivity index is 1.39. The van der Waals surface area contributed by atoms with Gasteiger partial charge in [0.2, 0.25) is 0 Å². The maximum absolute atomic E-state index is 12.7. The van der Waals surface area contributed by atoms with E-state index < -0.39 is 11.1 Å². The molecule has 5 rings (SSSR count). The molecule has 2 aliphatic heterocycles. The Morgan fingerprint density at radius 1 is 1.00 bits per heavy atom. The topological polar surface area (TPSA) is 60.1 Å². The molecule has 0 saturated carbocycles. The fourth-order valence-corrected chi connectivity index (χ4v) is 5.27. The fraction of sp³-hybridized carbons (Fsp3) is 0.381. The second kappa shape index (κ2) is 6.83. The third-order valence-electron chi connectivity index (χ3n) is 5.89. The van der Waals surface area contributed by atoms with E-state index in [-0.39, 0.29) is 5.41 Å². The van der Waals surface area contributed by atoms with Crippen LogP contribution in [0, 0.1) is 5.41 Å². The van der Waals surface area contributed by atoms with Gasteiger partial charge in [0.1, 0.15) is 5.82 Å². The Hall–Kier alpha value is -2.51. The van der Waals surface area contributed by atoms with Crippen molar-refractivity contribution in [3.8, 4) is 0 Å². The molecule has 1 saturated heterocycles. The van der Waals surface area contributed by atoms with E-state index >= 15 is 0 Å². The van der Waals surface area contributed by atoms with E-state index in [4.69, 9.17) is 0 Å². The lowest BCUT2D eigenvalue weighted by Crippen LogP contribution is -2.43. The minimum absolute atomic E-state index is 0.0226. The van der Waals surface area contributed by atoms with E-state index in [1.165, 1.54) is 9.56 Å². The van der Waals surface area contributed by atoms with Crippen molar-refractivity contribution >= 4 is 11.3 Å². The summed E-state index contributed by atoms with van der Waals surface area (Å²) in [6, 6.07) is 13.9. The third kappa shape index (κ3) is 3.14. The quantitative estimate of drug-likeness (QED) is 0.635. The van der Waals surface area contributed by atoms with Gasteiger partial charge in [-0.25, -0.2) is 4.68 Å². The molecule has 1 fully saturated rings. The molecule has 3 aromatic rings. The van der Waals surface area contributed by atoms with Crippen molar-refractivity contribution in [2.24, 2.45) is 5.41 Å². The maximum Gasteiger partial charge on any atom is 0.332 e. The van der Waals surface area contributed by atoms with Crippen LogP contribution in [-0.2, 0) is 26.1 Å². The minimum atomic E-state index is -0.530. The molecule has 1 aromatic carbocycles. The van der Waals surface area contributed by atoms with Crippen LogP contribution in [0.15, 0.2) is 57.4 Å². The standard InChI is InChI=1S/C21H22N4O2S/c26-19-20(27)25(12-16-5-2-1-3-6-16)22-18-11-21(15-24(18)19)8-9-23(14-21)13-17-7-4-10-28-17/h1-7,10H,8-9,11-15H2/t21-/m0/s1. The number of rotatable bonds is 4. The van der Waals surface area contributed by atoms with Crippen LogP contribution in [0.2, 0.25) is 0 Å². The van der Waals surface area contributed by atoms with Gasteiger partial charge in [0.15, 0.2) is 0 Å². The molecule has 0 aliphatic carbocycles. The smallest absolute Gasteiger partial charge is 0.298 e. The predicted octanol–water partition coefficient (Wildman–Crippen LogP) is 1.96. The minimum Gasteiger partial charge on any atom is -0.298 e. The van der Waals surface area contributed by atoms with Crippen LogP contribution < -0.4 is 11.1 Å². The molecule has 4 heterocycles. The van der Waals surface area contributed by atoms with Gasteiger partial charge in [0, 0.05) is 36.3 Å². The summed E-state index contributed by atoms with van der Waals surface area (Å²) in [7, 11) is 0. The number of fused-ring (bicyclic) bond motifs is 1. The molecule has 1 spiro atoms. The normalized spacial score (nSPS) is 21.4. The molecule has 0 N–H and O–H groups in total. The summed E-state index contributed by atoms with van der Waals surface area (Å²) in [5, 5.41) is 6.69. The van der Waals surface area contributed by atoms with Gasteiger partial charge in [-0.3, -0.25) is 19.1 Å². The summed E-state index contributed by atoms with van der Waals surface area (Å²) in [4.78, 5) is 29.1. The highest BCUT2D eigenvalue weighted by Gasteiger charge is 2.44. The number of nitrogens with zero attached hydrogens (tertiary/aromatic N) is 4. The Bertz CT molecular complexity index is 1100. The number of hydrogen-bond donors (Lipinski definition) is 0. The highest BCUT2D eigenvalue weighted by atomic mass is 32.1. The third-order valence-corrected chi connectivity index (χ3v) is 6.75. The van der Waals surface area contributed by atoms with Crippen LogP contribution in [0.25, 0.3) is 0 Å². The molecule has 144 valence electrons. The first-order valence-corrected chi connectivity index (χ1v) is 10.5. The van der Waals surface area contributed by atoms with Gasteiger partial charge in [-0.15, -0.1) is 11.3 Å². The van der Waals surface area contributed by atoms with E-state index in [9.17, 15) is 9.59 Å². The summed E-state index contributed by atoms with van der Waals surface area (Å²) in [5.41, 5.74) is 0.0270. The van der Waals surface area contributed by atoms with Crippen molar-refractivity contribution in [1.29, 1.82) is 0 Å². The van der Waals surface area contributed by atoms with Crippen molar-refractivity contribution in [3.05, 3.63) is 84.8 Å². The van der Waals surface area contributed by atoms with Gasteiger partial charge in [0.05, 0.1) is 6.54 Å². The highest BCUT2D eigenvalue weighted by molar-refractivity contribution is 7.09. The first-order chi connectivity index (χ1) is 13.6. The number of benzene rings is 1. The predicted molar refractivity (Wildman–Crippen MR) is 109 cm³/mol. The van der Waals surface area contributed by atoms with E-state index in [1.54, 1.807) is 15.9 Å². The van der Waals surface area contributed by atoms with Gasteiger partial charge < -0.3 is 0 Å². The summed E-state index contributed by atoms with van der Waals surface area (Å²) >= 11 is 1.78. The molecule has 28 heavy (non-hydrogen) atoms. The molecule has 0 radical (unpaired) electrons. The Morgan fingerprint density at radius 3 is 2.64 bits per heavy atom. The summed E-state index contributed by atoms with van der Waals surface area (Å²) < 4.78 is 2.96. The fourth-order valence-electron chi connectivity index (χ4n) is 4.52. The molecule has 0 unspecified atom stereocenters. The second-order valence-corrected chi connectivity index (χ2v) is 9.00. The van der Waals surface area contributed by atoms with Crippen LogP contribution in [0.4, 0.5) is 0 Å². The molecule has 1 atom stereocenters. The molecular formula is C21H22N4O2S. The van der Waals surface area contributed by atoms with Crippen molar-refractivity contribution in [2.45, 2.75) is 32.5 Å². The van der Waals surface area contributed by atoms with E-state index in [0.717, 1.165) is 43.9 Å². The lowest BCUT2D eigenvalue weighted by atomic mass is 9.86. The molecule has 2 aromatic heterocycles. The van der Waals surface area contributed by atoms with Crippen LogP contribution in [-0.4, -0.2) is 32.3 Å². The van der Waals surface area contributed by atoms with Gasteiger partial charge in [-0.1, -0.05) is 36.4 Å². The number of thiophene rings is 1. The van der Waals surface area contributed by atoms with Crippen molar-refractivity contribution in [3.63, 3.8) is 0 Å². The average Bonchev–Trinajstić information content (AvgIpc) is 3.42. The Labute approximate surface area is 166 Å². The second-order valence-electron chi connectivity index (χ2n) is 7.97. The van der Waals surface area contributed by atoms with Crippen molar-refractivity contribution in [2.75, 3.05) is 13.1 Å². The van der Waals surface area contributed by atoms with Crippen LogP contribution in [0.5, 0.6) is 0 Å². The first kappa shape index (κ1) is 17.6. The lowest BCUT2D eigenvalue weighted by Gasteiger charge is -2.22. The van der Waals surface area contributed by atoms with Crippen LogP contribution in [0.3, 0.4) is 0 Å². The van der Waals surface area contributed by atoms with Gasteiger partial charge in [-0.2, -0.15) is 5.10 Å². The molecule has 0 amide bonds. The molecule has 6 nitrogen and oxygen atoms in total. The van der Waals surface area contributed by atoms with Gasteiger partial charge in [0.25, 0.3) is 0 Å². The largest absolute Gasteiger partial charge is 0.332 e. The number of likely N-dealkylation sites (tertiary alicyclic amines) is 1. The van der Waals surface area contributed by atoms with Crippen molar-refractivity contribution < 1.29 is 0 Å². The monoisotopic (exact) mass is 394 g/mol. The van der Waals surface area contributed by atoms with Gasteiger partial charge >= 0.3 is 11.1 Å². The zero-order valence-corrected chi connectivity index (χ0v) is 16.4. The Kier molecular flexibility index (Phi) is 4.29. The maximum atomic E-state index is 12.7. The van der Waals surface area contributed by atoms with Gasteiger partial charge in [-0.05, 0) is 30.0 Å². The molecule has 7 heteroatoms.